The number of ether oxygens (including phenoxy) is 3. The number of methoxy groups -OCH3 is 2. The van der Waals surface area contributed by atoms with Gasteiger partial charge in [-0.1, -0.05) is 11.6 Å². The van der Waals surface area contributed by atoms with Crippen molar-refractivity contribution in [3.05, 3.63) is 51.5 Å². The molecular weight excluding hydrogens is 484 g/mol. The lowest BCUT2D eigenvalue weighted by atomic mass is 10.2. The zero-order valence-corrected chi connectivity index (χ0v) is 18.8. The van der Waals surface area contributed by atoms with Crippen LogP contribution in [0.15, 0.2) is 50.9 Å². The van der Waals surface area contributed by atoms with E-state index in [1.165, 1.54) is 32.2 Å². The van der Waals surface area contributed by atoms with Crippen molar-refractivity contribution >= 4 is 57.4 Å². The molecule has 0 saturated heterocycles. The van der Waals surface area contributed by atoms with Crippen molar-refractivity contribution in [1.82, 2.24) is 5.43 Å². The smallest absolute Gasteiger partial charge is 0.343 e. The zero-order chi connectivity index (χ0) is 21.2. The predicted octanol–water partition coefficient (Wildman–Crippen LogP) is 3.91. The van der Waals surface area contributed by atoms with Gasteiger partial charge in [-0.15, -0.1) is 11.8 Å². The second kappa shape index (κ2) is 11.7. The van der Waals surface area contributed by atoms with E-state index in [4.69, 9.17) is 21.1 Å². The topological polar surface area (TPSA) is 86.2 Å². The van der Waals surface area contributed by atoms with E-state index in [-0.39, 0.29) is 18.3 Å². The second-order valence-corrected chi connectivity index (χ2v) is 7.77. The number of amides is 1. The first-order chi connectivity index (χ1) is 13.9. The molecule has 0 unspecified atom stereocenters. The van der Waals surface area contributed by atoms with E-state index in [2.05, 4.69) is 31.2 Å². The van der Waals surface area contributed by atoms with Gasteiger partial charge in [0.1, 0.15) is 0 Å². The minimum Gasteiger partial charge on any atom is -0.493 e. The molecule has 0 bridgehead atoms. The number of rotatable bonds is 9. The molecule has 1 amide bonds. The van der Waals surface area contributed by atoms with Gasteiger partial charge < -0.3 is 14.2 Å². The summed E-state index contributed by atoms with van der Waals surface area (Å²) in [6.07, 6.45) is 1.47. The van der Waals surface area contributed by atoms with Crippen molar-refractivity contribution in [2.24, 2.45) is 5.10 Å². The maximum Gasteiger partial charge on any atom is 0.343 e. The Morgan fingerprint density at radius 1 is 1.24 bits per heavy atom. The summed E-state index contributed by atoms with van der Waals surface area (Å²) in [5.41, 5.74) is 3.12. The average Bonchev–Trinajstić information content (AvgIpc) is 2.71. The van der Waals surface area contributed by atoms with Crippen LogP contribution in [0.4, 0.5) is 0 Å². The minimum absolute atomic E-state index is 0.215. The highest BCUT2D eigenvalue weighted by atomic mass is 79.9. The molecule has 1 N–H and O–H groups in total. The Bertz CT molecular complexity index is 893. The average molecular weight is 502 g/mol. The number of nitrogens with one attached hydrogen (secondary N) is 1. The molecule has 7 nitrogen and oxygen atoms in total. The van der Waals surface area contributed by atoms with Gasteiger partial charge in [0.2, 0.25) is 5.91 Å². The maximum atomic E-state index is 11.9. The van der Waals surface area contributed by atoms with Crippen LogP contribution in [-0.2, 0) is 14.3 Å². The molecular formula is C19H18BrClN2O5S. The standard InChI is InChI=1S/C19H18BrClN2O5S/c1-26-16-8-12(7-15(20)19(16)28-10-18(25)27-2)9-22-23-17(24)11-29-14-5-3-13(21)4-6-14/h3-9H,10-11H2,1-2H3,(H,23,24)/b22-9-. The summed E-state index contributed by atoms with van der Waals surface area (Å²) in [5, 5.41) is 4.60. The van der Waals surface area contributed by atoms with Crippen molar-refractivity contribution in [2.45, 2.75) is 4.90 Å². The molecule has 2 aromatic carbocycles. The number of hydrazone groups is 1. The zero-order valence-electron chi connectivity index (χ0n) is 15.6. The van der Waals surface area contributed by atoms with Crippen molar-refractivity contribution in [3.8, 4) is 11.5 Å². The normalized spacial score (nSPS) is 10.6. The van der Waals surface area contributed by atoms with Crippen LogP contribution in [0.1, 0.15) is 5.56 Å². The lowest BCUT2D eigenvalue weighted by molar-refractivity contribution is -0.143. The first kappa shape index (κ1) is 23.1. The molecule has 0 saturated carbocycles. The van der Waals surface area contributed by atoms with Crippen molar-refractivity contribution < 1.29 is 23.8 Å². The van der Waals surface area contributed by atoms with Gasteiger partial charge in [-0.3, -0.25) is 4.79 Å². The Balaban J connectivity index is 1.93. The summed E-state index contributed by atoms with van der Waals surface area (Å²) >= 11 is 10.6. The second-order valence-electron chi connectivity index (χ2n) is 5.43. The molecule has 0 heterocycles. The molecule has 154 valence electrons. The predicted molar refractivity (Wildman–Crippen MR) is 116 cm³/mol. The Morgan fingerprint density at radius 2 is 1.97 bits per heavy atom. The van der Waals surface area contributed by atoms with E-state index in [0.717, 1.165) is 4.90 Å². The number of carbonyl (C=O) groups is 2. The lowest BCUT2D eigenvalue weighted by Crippen LogP contribution is -2.19. The summed E-state index contributed by atoms with van der Waals surface area (Å²) in [6, 6.07) is 10.6. The Labute approximate surface area is 185 Å². The van der Waals surface area contributed by atoms with Crippen LogP contribution in [0.3, 0.4) is 0 Å². The summed E-state index contributed by atoms with van der Waals surface area (Å²) in [5.74, 6) is 0.216. The fraction of sp³-hybridized carbons (Fsp3) is 0.211. The molecule has 0 atom stereocenters. The molecule has 2 aromatic rings. The Hall–Kier alpha value is -2.23. The minimum atomic E-state index is -0.510. The van der Waals surface area contributed by atoms with Crippen LogP contribution in [-0.4, -0.2) is 44.7 Å². The summed E-state index contributed by atoms with van der Waals surface area (Å²) in [4.78, 5) is 24.1. The molecule has 0 aliphatic rings. The number of hydrogen-bond acceptors (Lipinski definition) is 7. The van der Waals surface area contributed by atoms with Gasteiger partial charge in [-0.05, 0) is 57.9 Å². The maximum absolute atomic E-state index is 11.9. The van der Waals surface area contributed by atoms with Crippen LogP contribution in [0.2, 0.25) is 5.02 Å². The highest BCUT2D eigenvalue weighted by Gasteiger charge is 2.13. The number of esters is 1. The SMILES string of the molecule is COC(=O)COc1c(Br)cc(/C=N\NC(=O)CSc2ccc(Cl)cc2)cc1OC. The summed E-state index contributed by atoms with van der Waals surface area (Å²) in [7, 11) is 2.75. The van der Waals surface area contributed by atoms with Crippen LogP contribution in [0.25, 0.3) is 0 Å². The van der Waals surface area contributed by atoms with Crippen LogP contribution < -0.4 is 14.9 Å². The third kappa shape index (κ3) is 7.60. The highest BCUT2D eigenvalue weighted by molar-refractivity contribution is 9.10. The molecule has 29 heavy (non-hydrogen) atoms. The number of hydrogen-bond donors (Lipinski definition) is 1. The number of halogens is 2. The first-order valence-electron chi connectivity index (χ1n) is 8.20. The van der Waals surface area contributed by atoms with E-state index in [9.17, 15) is 9.59 Å². The summed E-state index contributed by atoms with van der Waals surface area (Å²) in [6.45, 7) is -0.250. The van der Waals surface area contributed by atoms with Crippen molar-refractivity contribution in [3.63, 3.8) is 0 Å². The van der Waals surface area contributed by atoms with E-state index in [1.807, 2.05) is 12.1 Å². The molecule has 0 aliphatic heterocycles. The van der Waals surface area contributed by atoms with Gasteiger partial charge in [0.05, 0.1) is 30.7 Å². The van der Waals surface area contributed by atoms with Crippen molar-refractivity contribution in [1.29, 1.82) is 0 Å². The van der Waals surface area contributed by atoms with E-state index in [1.54, 1.807) is 24.3 Å². The molecule has 0 fully saturated rings. The Kier molecular flexibility index (Phi) is 9.30. The molecule has 10 heteroatoms. The van der Waals surface area contributed by atoms with Gasteiger partial charge in [0, 0.05) is 9.92 Å². The number of thioether (sulfide) groups is 1. The summed E-state index contributed by atoms with van der Waals surface area (Å²) < 4.78 is 15.8. The fourth-order valence-corrected chi connectivity index (χ4v) is 3.43. The first-order valence-corrected chi connectivity index (χ1v) is 10.4. The quantitative estimate of drug-likeness (QED) is 0.243. The third-order valence-corrected chi connectivity index (χ3v) is 5.25. The fourth-order valence-electron chi connectivity index (χ4n) is 2.04. The number of nitrogens with zero attached hydrogens (tertiary/aromatic N) is 1. The van der Waals surface area contributed by atoms with Crippen LogP contribution in [0, 0.1) is 0 Å². The van der Waals surface area contributed by atoms with Crippen molar-refractivity contribution in [2.75, 3.05) is 26.6 Å². The molecule has 0 radical (unpaired) electrons. The Morgan fingerprint density at radius 3 is 2.62 bits per heavy atom. The van der Waals surface area contributed by atoms with E-state index >= 15 is 0 Å². The van der Waals surface area contributed by atoms with Crippen LogP contribution >= 0.6 is 39.3 Å². The van der Waals surface area contributed by atoms with Crippen LogP contribution in [0.5, 0.6) is 11.5 Å². The number of carbonyl (C=O) groups excluding carboxylic acids is 2. The van der Waals surface area contributed by atoms with Gasteiger partial charge in [0.25, 0.3) is 0 Å². The lowest BCUT2D eigenvalue weighted by Gasteiger charge is -2.12. The van der Waals surface area contributed by atoms with E-state index < -0.39 is 5.97 Å². The molecule has 2 rings (SSSR count). The van der Waals surface area contributed by atoms with Gasteiger partial charge in [-0.25, -0.2) is 10.2 Å². The number of benzene rings is 2. The van der Waals surface area contributed by atoms with Gasteiger partial charge in [0.15, 0.2) is 18.1 Å². The monoisotopic (exact) mass is 500 g/mol. The van der Waals surface area contributed by atoms with E-state index in [0.29, 0.717) is 26.6 Å². The third-order valence-electron chi connectivity index (χ3n) is 3.40. The molecule has 0 spiro atoms. The molecule has 0 aromatic heterocycles. The van der Waals surface area contributed by atoms with Gasteiger partial charge >= 0.3 is 5.97 Å². The highest BCUT2D eigenvalue weighted by Crippen LogP contribution is 2.36. The molecule has 0 aliphatic carbocycles. The van der Waals surface area contributed by atoms with Gasteiger partial charge in [-0.2, -0.15) is 5.10 Å². The largest absolute Gasteiger partial charge is 0.493 e.